The van der Waals surface area contributed by atoms with Crippen LogP contribution < -0.4 is 10.6 Å². The molecule has 1 aromatic carbocycles. The van der Waals surface area contributed by atoms with Crippen LogP contribution in [0.3, 0.4) is 0 Å². The summed E-state index contributed by atoms with van der Waals surface area (Å²) >= 11 is 6.30. The zero-order valence-corrected chi connectivity index (χ0v) is 13.2. The van der Waals surface area contributed by atoms with Crippen molar-refractivity contribution in [2.45, 2.75) is 19.4 Å². The van der Waals surface area contributed by atoms with Crippen molar-refractivity contribution in [1.29, 1.82) is 0 Å². The minimum atomic E-state index is -0.384. The summed E-state index contributed by atoms with van der Waals surface area (Å²) in [6.07, 6.45) is 0.606. The molecule has 112 valence electrons. The molecule has 1 aliphatic heterocycles. The molecule has 2 N–H and O–H groups in total. The van der Waals surface area contributed by atoms with Crippen LogP contribution in [0.5, 0.6) is 0 Å². The van der Waals surface area contributed by atoms with Crippen LogP contribution in [-0.2, 0) is 14.3 Å². The lowest BCUT2D eigenvalue weighted by Crippen LogP contribution is -2.36. The number of hydrogen-bond acceptors (Lipinski definition) is 5. The molecule has 0 radical (unpaired) electrons. The molecule has 0 saturated carbocycles. The van der Waals surface area contributed by atoms with Crippen molar-refractivity contribution >= 4 is 45.9 Å². The second kappa shape index (κ2) is 7.42. The maximum absolute atomic E-state index is 11.8. The van der Waals surface area contributed by atoms with Gasteiger partial charge in [0.25, 0.3) is 0 Å². The van der Waals surface area contributed by atoms with Gasteiger partial charge in [0.05, 0.1) is 12.4 Å². The molecule has 0 spiro atoms. The summed E-state index contributed by atoms with van der Waals surface area (Å²) in [6, 6.07) is 7.18. The molecule has 0 bridgehead atoms. The number of amides is 1. The predicted molar refractivity (Wildman–Crippen MR) is 87.4 cm³/mol. The fourth-order valence-electron chi connectivity index (χ4n) is 1.78. The molecule has 5 nitrogen and oxygen atoms in total. The molecule has 1 fully saturated rings. The van der Waals surface area contributed by atoms with E-state index in [2.05, 4.69) is 10.6 Å². The largest absolute Gasteiger partial charge is 0.464 e. The van der Waals surface area contributed by atoms with Gasteiger partial charge in [0.15, 0.2) is 0 Å². The van der Waals surface area contributed by atoms with E-state index in [4.69, 9.17) is 17.0 Å². The molecule has 21 heavy (non-hydrogen) atoms. The number of nitrogens with one attached hydrogen (secondary N) is 2. The summed E-state index contributed by atoms with van der Waals surface area (Å²) in [5.74, 6) is -0.231. The zero-order valence-electron chi connectivity index (χ0n) is 11.5. The number of aryl methyl sites for hydroxylation is 1. The number of esters is 1. The first-order valence-electron chi connectivity index (χ1n) is 6.51. The van der Waals surface area contributed by atoms with Crippen LogP contribution in [-0.4, -0.2) is 34.6 Å². The van der Waals surface area contributed by atoms with Crippen LogP contribution in [0.4, 0.5) is 5.69 Å². The molecule has 7 heteroatoms. The van der Waals surface area contributed by atoms with E-state index >= 15 is 0 Å². The number of cyclic esters (lactones) is 1. The Hall–Kier alpha value is -1.60. The summed E-state index contributed by atoms with van der Waals surface area (Å²) in [7, 11) is 0. The third-order valence-corrected chi connectivity index (χ3v) is 4.16. The van der Waals surface area contributed by atoms with Gasteiger partial charge in [-0.05, 0) is 19.1 Å². The summed E-state index contributed by atoms with van der Waals surface area (Å²) in [4.78, 5) is 23.1. The van der Waals surface area contributed by atoms with Crippen molar-refractivity contribution in [3.8, 4) is 0 Å². The second-order valence-corrected chi connectivity index (χ2v) is 6.30. The van der Waals surface area contributed by atoms with E-state index in [1.54, 1.807) is 0 Å². The Kier molecular flexibility index (Phi) is 5.58. The molecular formula is C14H16N2O3S2. The van der Waals surface area contributed by atoms with Crippen molar-refractivity contribution in [1.82, 2.24) is 5.32 Å². The summed E-state index contributed by atoms with van der Waals surface area (Å²) < 4.78 is 5.26. The molecule has 1 aliphatic rings. The average molecular weight is 324 g/mol. The lowest BCUT2D eigenvalue weighted by Gasteiger charge is -2.11. The minimum absolute atomic E-state index is 0.137. The zero-order chi connectivity index (χ0) is 15.2. The Bertz CT molecular complexity index is 546. The van der Waals surface area contributed by atoms with Gasteiger partial charge in [0.2, 0.25) is 5.91 Å². The highest BCUT2D eigenvalue weighted by Gasteiger charge is 2.26. The van der Waals surface area contributed by atoms with Crippen molar-refractivity contribution in [3.05, 3.63) is 29.8 Å². The van der Waals surface area contributed by atoms with Gasteiger partial charge in [0.1, 0.15) is 10.4 Å². The maximum atomic E-state index is 11.8. The highest BCUT2D eigenvalue weighted by Crippen LogP contribution is 2.12. The van der Waals surface area contributed by atoms with Crippen LogP contribution in [0, 0.1) is 6.92 Å². The molecule has 2 rings (SSSR count). The van der Waals surface area contributed by atoms with Gasteiger partial charge in [-0.1, -0.05) is 41.7 Å². The van der Waals surface area contributed by atoms with E-state index in [9.17, 15) is 9.59 Å². The van der Waals surface area contributed by atoms with E-state index in [1.165, 1.54) is 11.8 Å². The summed E-state index contributed by atoms with van der Waals surface area (Å²) in [5, 5.41) is 5.68. The van der Waals surface area contributed by atoms with Gasteiger partial charge in [0, 0.05) is 12.1 Å². The third kappa shape index (κ3) is 5.02. The highest BCUT2D eigenvalue weighted by atomic mass is 32.2. The van der Waals surface area contributed by atoms with Crippen molar-refractivity contribution in [2.24, 2.45) is 0 Å². The molecule has 0 aromatic heterocycles. The molecule has 1 amide bonds. The molecule has 1 saturated heterocycles. The lowest BCUT2D eigenvalue weighted by molar-refractivity contribution is -0.139. The number of rotatable bonds is 4. The molecule has 0 unspecified atom stereocenters. The Morgan fingerprint density at radius 2 is 2.14 bits per heavy atom. The minimum Gasteiger partial charge on any atom is -0.464 e. The highest BCUT2D eigenvalue weighted by molar-refractivity contribution is 8.23. The number of thioether (sulfide) groups is 1. The molecule has 0 aliphatic carbocycles. The van der Waals surface area contributed by atoms with E-state index in [-0.39, 0.29) is 23.7 Å². The number of anilines is 1. The van der Waals surface area contributed by atoms with Gasteiger partial charge in [-0.3, -0.25) is 4.79 Å². The normalized spacial score (nSPS) is 17.2. The number of carbonyl (C=O) groups is 2. The van der Waals surface area contributed by atoms with Crippen molar-refractivity contribution in [2.75, 3.05) is 17.7 Å². The number of carbonyl (C=O) groups excluding carboxylic acids is 2. The molecule has 1 atom stereocenters. The number of ether oxygens (including phenoxy) is 1. The van der Waals surface area contributed by atoms with E-state index < -0.39 is 0 Å². The van der Waals surface area contributed by atoms with Crippen molar-refractivity contribution in [3.63, 3.8) is 0 Å². The van der Waals surface area contributed by atoms with Crippen LogP contribution in [0.1, 0.15) is 12.0 Å². The molecule has 1 heterocycles. The van der Waals surface area contributed by atoms with E-state index in [0.29, 0.717) is 17.3 Å². The lowest BCUT2D eigenvalue weighted by atomic mass is 10.2. The number of thiocarbonyl (C=S) groups is 1. The number of hydrogen-bond donors (Lipinski definition) is 2. The van der Waals surface area contributed by atoms with Gasteiger partial charge >= 0.3 is 5.97 Å². The fraction of sp³-hybridized carbons (Fsp3) is 0.357. The SMILES string of the molecule is Cc1ccc(NC(=O)CSC(=S)N[C@H]2CCOC2=O)cc1. The van der Waals surface area contributed by atoms with Crippen LogP contribution in [0.25, 0.3) is 0 Å². The first-order valence-corrected chi connectivity index (χ1v) is 7.90. The van der Waals surface area contributed by atoms with Crippen molar-refractivity contribution < 1.29 is 14.3 Å². The molecule has 1 aromatic rings. The maximum Gasteiger partial charge on any atom is 0.328 e. The molecular weight excluding hydrogens is 308 g/mol. The van der Waals surface area contributed by atoms with E-state index in [0.717, 1.165) is 11.3 Å². The van der Waals surface area contributed by atoms with Crippen LogP contribution >= 0.6 is 24.0 Å². The quantitative estimate of drug-likeness (QED) is 0.651. The Morgan fingerprint density at radius 1 is 1.43 bits per heavy atom. The Balaban J connectivity index is 1.72. The number of benzene rings is 1. The first kappa shape index (κ1) is 15.8. The van der Waals surface area contributed by atoms with Gasteiger partial charge in [-0.25, -0.2) is 4.79 Å². The second-order valence-electron chi connectivity index (χ2n) is 4.64. The summed E-state index contributed by atoms with van der Waals surface area (Å²) in [5.41, 5.74) is 1.89. The van der Waals surface area contributed by atoms with Crippen LogP contribution in [0.2, 0.25) is 0 Å². The fourth-order valence-corrected chi connectivity index (χ4v) is 2.65. The van der Waals surface area contributed by atoms with Gasteiger partial charge in [-0.15, -0.1) is 0 Å². The van der Waals surface area contributed by atoms with Gasteiger partial charge in [-0.2, -0.15) is 0 Å². The average Bonchev–Trinajstić information content (AvgIpc) is 2.85. The first-order chi connectivity index (χ1) is 10.0. The summed E-state index contributed by atoms with van der Waals surface area (Å²) in [6.45, 7) is 2.40. The predicted octanol–water partition coefficient (Wildman–Crippen LogP) is 1.86. The van der Waals surface area contributed by atoms with Crippen LogP contribution in [0.15, 0.2) is 24.3 Å². The Morgan fingerprint density at radius 3 is 2.76 bits per heavy atom. The third-order valence-electron chi connectivity index (χ3n) is 2.90. The monoisotopic (exact) mass is 324 g/mol. The topological polar surface area (TPSA) is 67.4 Å². The standard InChI is InChI=1S/C14H16N2O3S2/c1-9-2-4-10(5-3-9)15-12(17)8-21-14(20)16-11-6-7-19-13(11)18/h2-5,11H,6-8H2,1H3,(H,15,17)(H,16,20)/t11-/m0/s1. The smallest absolute Gasteiger partial charge is 0.328 e. The Labute approximate surface area is 132 Å². The van der Waals surface area contributed by atoms with E-state index in [1.807, 2.05) is 31.2 Å². The van der Waals surface area contributed by atoms with Gasteiger partial charge < -0.3 is 15.4 Å².